The first-order valence-electron chi connectivity index (χ1n) is 6.19. The van der Waals surface area contributed by atoms with E-state index < -0.39 is 0 Å². The van der Waals surface area contributed by atoms with Crippen molar-refractivity contribution in [2.75, 3.05) is 0 Å². The zero-order valence-corrected chi connectivity index (χ0v) is 9.85. The van der Waals surface area contributed by atoms with Gasteiger partial charge in [-0.3, -0.25) is 4.79 Å². The fourth-order valence-corrected chi connectivity index (χ4v) is 1.64. The van der Waals surface area contributed by atoms with E-state index in [0.717, 1.165) is 6.42 Å². The molecule has 0 aliphatic heterocycles. The molecule has 0 saturated heterocycles. The molecule has 1 unspecified atom stereocenters. The molecule has 1 heteroatoms. The highest BCUT2D eigenvalue weighted by Gasteiger charge is 1.99. The lowest BCUT2D eigenvalue weighted by Crippen LogP contribution is -1.94. The average Bonchev–Trinajstić information content (AvgIpc) is 2.21. The summed E-state index contributed by atoms with van der Waals surface area (Å²) in [5.41, 5.74) is 0. The normalized spacial score (nSPS) is 12.7. The van der Waals surface area contributed by atoms with Crippen LogP contribution in [0.2, 0.25) is 0 Å². The highest BCUT2D eigenvalue weighted by Crippen LogP contribution is 2.11. The second kappa shape index (κ2) is 10.7. The van der Waals surface area contributed by atoms with Crippen LogP contribution < -0.4 is 0 Å². The van der Waals surface area contributed by atoms with Crippen LogP contribution in [0.25, 0.3) is 0 Å². The summed E-state index contributed by atoms with van der Waals surface area (Å²) in [4.78, 5) is 10.2. The molecule has 0 rings (SSSR count). The zero-order valence-electron chi connectivity index (χ0n) is 9.85. The van der Waals surface area contributed by atoms with Crippen molar-refractivity contribution >= 4 is 6.29 Å². The molecule has 0 spiro atoms. The first-order valence-corrected chi connectivity index (χ1v) is 6.19. The van der Waals surface area contributed by atoms with Crippen LogP contribution in [0.1, 0.15) is 71.6 Å². The van der Waals surface area contributed by atoms with Gasteiger partial charge in [-0.05, 0) is 6.42 Å². The smallest absolute Gasteiger partial charge is 0.201 e. The maximum Gasteiger partial charge on any atom is 0.201 e. The molecule has 14 heavy (non-hydrogen) atoms. The summed E-state index contributed by atoms with van der Waals surface area (Å²) in [5, 5.41) is 0. The summed E-state index contributed by atoms with van der Waals surface area (Å²) < 4.78 is 0. The van der Waals surface area contributed by atoms with Gasteiger partial charge in [0.05, 0.1) is 0 Å². The molecule has 0 N–H and O–H groups in total. The molecular formula is C13H25O. The minimum absolute atomic E-state index is 0.148. The second-order valence-corrected chi connectivity index (χ2v) is 4.28. The third kappa shape index (κ3) is 9.76. The van der Waals surface area contributed by atoms with Gasteiger partial charge in [0.1, 0.15) is 0 Å². The molecule has 1 radical (unpaired) electrons. The van der Waals surface area contributed by atoms with Crippen LogP contribution in [-0.2, 0) is 4.79 Å². The lowest BCUT2D eigenvalue weighted by Gasteiger charge is -2.02. The van der Waals surface area contributed by atoms with Gasteiger partial charge in [0.15, 0.2) is 0 Å². The lowest BCUT2D eigenvalue weighted by atomic mass is 10.0. The summed E-state index contributed by atoms with van der Waals surface area (Å²) in [6.07, 6.45) is 13.8. The van der Waals surface area contributed by atoms with Crippen LogP contribution in [0.4, 0.5) is 0 Å². The Balaban J connectivity index is 2.95. The number of hydrogen-bond donors (Lipinski definition) is 0. The number of unbranched alkanes of at least 4 members (excludes halogenated alkanes) is 7. The average molecular weight is 197 g/mol. The van der Waals surface area contributed by atoms with Crippen LogP contribution >= 0.6 is 0 Å². The Kier molecular flexibility index (Phi) is 10.5. The van der Waals surface area contributed by atoms with Gasteiger partial charge in [0.2, 0.25) is 6.29 Å². The number of rotatable bonds is 10. The maximum atomic E-state index is 10.2. The predicted molar refractivity (Wildman–Crippen MR) is 62.1 cm³/mol. The van der Waals surface area contributed by atoms with E-state index in [2.05, 4.69) is 6.92 Å². The Labute approximate surface area is 89.3 Å². The largest absolute Gasteiger partial charge is 0.291 e. The quantitative estimate of drug-likeness (QED) is 0.478. The molecule has 1 atom stereocenters. The van der Waals surface area contributed by atoms with E-state index in [0.29, 0.717) is 0 Å². The number of carbonyl (C=O) groups excluding carboxylic acids is 1. The molecule has 0 saturated carbocycles. The third-order valence-electron chi connectivity index (χ3n) is 2.69. The van der Waals surface area contributed by atoms with Gasteiger partial charge < -0.3 is 0 Å². The fourth-order valence-electron chi connectivity index (χ4n) is 1.64. The van der Waals surface area contributed by atoms with E-state index in [-0.39, 0.29) is 5.92 Å². The molecule has 0 aliphatic carbocycles. The van der Waals surface area contributed by atoms with E-state index in [1.165, 1.54) is 51.4 Å². The molecule has 0 amide bonds. The Bertz CT molecular complexity index is 120. The first kappa shape index (κ1) is 13.7. The monoisotopic (exact) mass is 197 g/mol. The van der Waals surface area contributed by atoms with Gasteiger partial charge in [0.25, 0.3) is 0 Å². The van der Waals surface area contributed by atoms with Crippen LogP contribution in [0, 0.1) is 5.92 Å². The van der Waals surface area contributed by atoms with Crippen molar-refractivity contribution in [1.29, 1.82) is 0 Å². The van der Waals surface area contributed by atoms with Crippen LogP contribution in [0.15, 0.2) is 0 Å². The molecule has 0 aromatic carbocycles. The maximum absolute atomic E-state index is 10.2. The van der Waals surface area contributed by atoms with E-state index in [1.807, 2.05) is 13.2 Å². The summed E-state index contributed by atoms with van der Waals surface area (Å²) in [5.74, 6) is 0.148. The van der Waals surface area contributed by atoms with Crippen molar-refractivity contribution in [2.24, 2.45) is 5.92 Å². The first-order chi connectivity index (χ1) is 6.81. The summed E-state index contributed by atoms with van der Waals surface area (Å²) in [6, 6.07) is 0. The zero-order chi connectivity index (χ0) is 10.6. The third-order valence-corrected chi connectivity index (χ3v) is 2.69. The predicted octanol–water partition coefficient (Wildman–Crippen LogP) is 4.26. The van der Waals surface area contributed by atoms with Gasteiger partial charge in [-0.25, -0.2) is 0 Å². The van der Waals surface area contributed by atoms with Crippen molar-refractivity contribution in [3.05, 3.63) is 0 Å². The summed E-state index contributed by atoms with van der Waals surface area (Å²) in [7, 11) is 0. The van der Waals surface area contributed by atoms with Crippen LogP contribution in [0.3, 0.4) is 0 Å². The Hall–Kier alpha value is -0.330. The van der Waals surface area contributed by atoms with E-state index in [1.54, 1.807) is 0 Å². The molecule has 0 heterocycles. The fraction of sp³-hybridized carbons (Fsp3) is 0.923. The Morgan fingerprint density at radius 3 is 1.93 bits per heavy atom. The van der Waals surface area contributed by atoms with Crippen LogP contribution in [-0.4, -0.2) is 6.29 Å². The molecule has 0 bridgehead atoms. The van der Waals surface area contributed by atoms with Gasteiger partial charge in [-0.15, -0.1) is 0 Å². The van der Waals surface area contributed by atoms with E-state index >= 15 is 0 Å². The SMILES string of the molecule is CCCCCCCCCCC(C)[C]=O. The van der Waals surface area contributed by atoms with Gasteiger partial charge in [0, 0.05) is 5.92 Å². The van der Waals surface area contributed by atoms with E-state index in [9.17, 15) is 4.79 Å². The minimum atomic E-state index is 0.148. The molecule has 0 aliphatic rings. The molecule has 0 aromatic heterocycles. The lowest BCUT2D eigenvalue weighted by molar-refractivity contribution is 0.499. The van der Waals surface area contributed by atoms with Crippen molar-refractivity contribution < 1.29 is 4.79 Å². The number of hydrogen-bond acceptors (Lipinski definition) is 1. The topological polar surface area (TPSA) is 17.1 Å². The molecular weight excluding hydrogens is 172 g/mol. The van der Waals surface area contributed by atoms with Gasteiger partial charge in [-0.1, -0.05) is 65.2 Å². The van der Waals surface area contributed by atoms with Crippen molar-refractivity contribution in [2.45, 2.75) is 71.6 Å². The Morgan fingerprint density at radius 1 is 0.929 bits per heavy atom. The molecule has 0 fully saturated rings. The highest BCUT2D eigenvalue weighted by molar-refractivity contribution is 5.53. The van der Waals surface area contributed by atoms with Crippen molar-refractivity contribution in [3.8, 4) is 0 Å². The van der Waals surface area contributed by atoms with Crippen molar-refractivity contribution in [3.63, 3.8) is 0 Å². The van der Waals surface area contributed by atoms with E-state index in [4.69, 9.17) is 0 Å². The van der Waals surface area contributed by atoms with Gasteiger partial charge >= 0.3 is 0 Å². The Morgan fingerprint density at radius 2 is 1.43 bits per heavy atom. The standard InChI is InChI=1S/C13H25O/c1-3-4-5-6-7-8-9-10-11-13(2)12-14/h13H,3-11H2,1-2H3. The molecule has 83 valence electrons. The second-order valence-electron chi connectivity index (χ2n) is 4.28. The highest BCUT2D eigenvalue weighted by atomic mass is 16.1. The van der Waals surface area contributed by atoms with Crippen LogP contribution in [0.5, 0.6) is 0 Å². The molecule has 0 aromatic rings. The summed E-state index contributed by atoms with van der Waals surface area (Å²) in [6.45, 7) is 4.20. The van der Waals surface area contributed by atoms with Crippen molar-refractivity contribution in [1.82, 2.24) is 0 Å². The molecule has 1 nitrogen and oxygen atoms in total. The minimum Gasteiger partial charge on any atom is -0.291 e. The van der Waals surface area contributed by atoms with Gasteiger partial charge in [-0.2, -0.15) is 0 Å². The summed E-state index contributed by atoms with van der Waals surface area (Å²) >= 11 is 0.